The summed E-state index contributed by atoms with van der Waals surface area (Å²) in [7, 11) is 0. The smallest absolute Gasteiger partial charge is 0.261 e. The third kappa shape index (κ3) is 3.36. The van der Waals surface area contributed by atoms with Crippen LogP contribution in [0.2, 0.25) is 0 Å². The van der Waals surface area contributed by atoms with Gasteiger partial charge in [0.15, 0.2) is 0 Å². The molecular formula is C23H19N5O3S. The van der Waals surface area contributed by atoms with E-state index in [9.17, 15) is 14.4 Å². The van der Waals surface area contributed by atoms with Crippen LogP contribution in [0.4, 0.5) is 5.95 Å². The lowest BCUT2D eigenvalue weighted by molar-refractivity contribution is 0.0656. The minimum absolute atomic E-state index is 0.191. The fourth-order valence-electron chi connectivity index (χ4n) is 3.69. The van der Waals surface area contributed by atoms with Crippen molar-refractivity contribution in [3.8, 4) is 0 Å². The van der Waals surface area contributed by atoms with Gasteiger partial charge in [0, 0.05) is 17.0 Å². The molecule has 3 heterocycles. The molecule has 2 aromatic heterocycles. The van der Waals surface area contributed by atoms with Crippen LogP contribution in [0.25, 0.3) is 4.96 Å². The van der Waals surface area contributed by atoms with E-state index in [1.807, 2.05) is 44.2 Å². The highest BCUT2D eigenvalue weighted by atomic mass is 32.1. The molecule has 0 spiro atoms. The van der Waals surface area contributed by atoms with Crippen LogP contribution in [0.15, 0.2) is 48.5 Å². The number of carbonyl (C=O) groups excluding carboxylic acids is 3. The van der Waals surface area contributed by atoms with Crippen molar-refractivity contribution in [3.63, 3.8) is 0 Å². The molecule has 9 heteroatoms. The van der Waals surface area contributed by atoms with Crippen LogP contribution < -0.4 is 5.32 Å². The molecule has 160 valence electrons. The number of thiazole rings is 1. The summed E-state index contributed by atoms with van der Waals surface area (Å²) in [5, 5.41) is 6.99. The normalized spacial score (nSPS) is 13.1. The molecule has 5 rings (SSSR count). The van der Waals surface area contributed by atoms with Gasteiger partial charge in [0.25, 0.3) is 23.7 Å². The van der Waals surface area contributed by atoms with Crippen LogP contribution in [0, 0.1) is 13.8 Å². The maximum atomic E-state index is 12.9. The van der Waals surface area contributed by atoms with Crippen LogP contribution in [-0.4, -0.2) is 43.8 Å². The number of nitrogens with zero attached hydrogens (tertiary/aromatic N) is 4. The number of benzene rings is 2. The molecule has 0 saturated heterocycles. The van der Waals surface area contributed by atoms with Gasteiger partial charge in [-0.05, 0) is 44.0 Å². The van der Waals surface area contributed by atoms with E-state index in [0.29, 0.717) is 16.9 Å². The molecule has 0 bridgehead atoms. The molecule has 0 radical (unpaired) electrons. The summed E-state index contributed by atoms with van der Waals surface area (Å²) in [5.74, 6) is -0.975. The molecule has 1 N–H and O–H groups in total. The van der Waals surface area contributed by atoms with Gasteiger partial charge in [0.05, 0.1) is 16.8 Å². The predicted octanol–water partition coefficient (Wildman–Crippen LogP) is 3.50. The van der Waals surface area contributed by atoms with Crippen LogP contribution in [0.3, 0.4) is 0 Å². The summed E-state index contributed by atoms with van der Waals surface area (Å²) in [6.45, 7) is 4.21. The summed E-state index contributed by atoms with van der Waals surface area (Å²) in [4.78, 5) is 45.7. The number of carbonyl (C=O) groups is 3. The van der Waals surface area contributed by atoms with E-state index >= 15 is 0 Å². The topological polar surface area (TPSA) is 96.7 Å². The monoisotopic (exact) mass is 445 g/mol. The largest absolute Gasteiger partial charge is 0.289 e. The Hall–Kier alpha value is -3.85. The molecule has 0 saturated carbocycles. The fraction of sp³-hybridized carbons (Fsp3) is 0.174. The summed E-state index contributed by atoms with van der Waals surface area (Å²) in [6.07, 6.45) is 0.571. The van der Waals surface area contributed by atoms with Crippen LogP contribution in [0.1, 0.15) is 47.2 Å². The van der Waals surface area contributed by atoms with Crippen molar-refractivity contribution in [3.05, 3.63) is 81.4 Å². The number of hydrogen-bond donors (Lipinski definition) is 1. The van der Waals surface area contributed by atoms with E-state index in [4.69, 9.17) is 0 Å². The number of hydrogen-bond acceptors (Lipinski definition) is 6. The second-order valence-corrected chi connectivity index (χ2v) is 8.77. The van der Waals surface area contributed by atoms with E-state index in [1.54, 1.807) is 4.52 Å². The molecule has 1 aliphatic heterocycles. The van der Waals surface area contributed by atoms with Crippen molar-refractivity contribution >= 4 is 40.0 Å². The molecule has 8 nitrogen and oxygen atoms in total. The van der Waals surface area contributed by atoms with Crippen molar-refractivity contribution in [2.45, 2.75) is 20.3 Å². The lowest BCUT2D eigenvalue weighted by Crippen LogP contribution is -2.31. The van der Waals surface area contributed by atoms with Crippen LogP contribution in [-0.2, 0) is 6.42 Å². The van der Waals surface area contributed by atoms with Crippen molar-refractivity contribution in [1.82, 2.24) is 19.5 Å². The average Bonchev–Trinajstić information content (AvgIpc) is 3.38. The molecule has 3 amide bonds. The Morgan fingerprint density at radius 1 is 1.03 bits per heavy atom. The highest BCUT2D eigenvalue weighted by Gasteiger charge is 2.35. The average molecular weight is 446 g/mol. The third-order valence-electron chi connectivity index (χ3n) is 5.57. The number of amides is 3. The van der Waals surface area contributed by atoms with Gasteiger partial charge in [0.1, 0.15) is 0 Å². The van der Waals surface area contributed by atoms with Gasteiger partial charge < -0.3 is 0 Å². The number of aromatic nitrogens is 3. The third-order valence-corrected chi connectivity index (χ3v) is 6.62. The van der Waals surface area contributed by atoms with Crippen molar-refractivity contribution < 1.29 is 14.4 Å². The van der Waals surface area contributed by atoms with E-state index in [0.717, 1.165) is 16.1 Å². The maximum absolute atomic E-state index is 12.9. The number of aryl methyl sites for hydroxylation is 2. The van der Waals surface area contributed by atoms with Crippen molar-refractivity contribution in [2.24, 2.45) is 0 Å². The van der Waals surface area contributed by atoms with Crippen LogP contribution in [0.5, 0.6) is 0 Å². The van der Waals surface area contributed by atoms with Gasteiger partial charge in [-0.15, -0.1) is 5.10 Å². The molecule has 0 aliphatic carbocycles. The maximum Gasteiger partial charge on any atom is 0.261 e. The quantitative estimate of drug-likeness (QED) is 0.474. The molecule has 2 aromatic carbocycles. The van der Waals surface area contributed by atoms with E-state index < -0.39 is 5.91 Å². The Labute approximate surface area is 187 Å². The van der Waals surface area contributed by atoms with E-state index in [2.05, 4.69) is 15.4 Å². The summed E-state index contributed by atoms with van der Waals surface area (Å²) in [5.41, 5.74) is 2.82. The second kappa shape index (κ2) is 7.69. The predicted molar refractivity (Wildman–Crippen MR) is 120 cm³/mol. The molecule has 4 aromatic rings. The minimum Gasteiger partial charge on any atom is -0.289 e. The van der Waals surface area contributed by atoms with E-state index in [-0.39, 0.29) is 35.4 Å². The SMILES string of the molecule is Cc1sc2nc(NC(=O)c3ccc4c(c3)C(=O)N(CCc3ccccc3)C4=O)nn2c1C. The number of fused-ring (bicyclic) bond motifs is 2. The molecule has 0 unspecified atom stereocenters. The highest BCUT2D eigenvalue weighted by molar-refractivity contribution is 7.17. The number of imide groups is 1. The van der Waals surface area contributed by atoms with Crippen molar-refractivity contribution in [1.29, 1.82) is 0 Å². The van der Waals surface area contributed by atoms with Crippen LogP contribution >= 0.6 is 11.3 Å². The molecular weight excluding hydrogens is 426 g/mol. The Morgan fingerprint density at radius 2 is 1.78 bits per heavy atom. The Balaban J connectivity index is 1.33. The zero-order valence-corrected chi connectivity index (χ0v) is 18.3. The van der Waals surface area contributed by atoms with Gasteiger partial charge in [-0.2, -0.15) is 4.98 Å². The van der Waals surface area contributed by atoms with Gasteiger partial charge in [0.2, 0.25) is 4.96 Å². The number of anilines is 1. The molecule has 0 atom stereocenters. The van der Waals surface area contributed by atoms with E-state index in [1.165, 1.54) is 34.4 Å². The minimum atomic E-state index is -0.441. The number of nitrogens with one attached hydrogen (secondary N) is 1. The fourth-order valence-corrected chi connectivity index (χ4v) is 4.59. The molecule has 0 fully saturated rings. The number of rotatable bonds is 5. The summed E-state index contributed by atoms with van der Waals surface area (Å²) >= 11 is 1.49. The Bertz CT molecular complexity index is 1390. The standard InChI is InChI=1S/C23H19N5O3S/c1-13-14(2)32-23-25-22(26-28(13)23)24-19(29)16-8-9-17-18(12-16)21(31)27(20(17)30)11-10-15-6-4-3-5-7-15/h3-9,12H,10-11H2,1-2H3,(H,24,26,29). The molecule has 1 aliphatic rings. The van der Waals surface area contributed by atoms with Gasteiger partial charge >= 0.3 is 0 Å². The Morgan fingerprint density at radius 3 is 2.53 bits per heavy atom. The first kappa shape index (κ1) is 20.1. The highest BCUT2D eigenvalue weighted by Crippen LogP contribution is 2.25. The Kier molecular flexibility index (Phi) is 4.82. The lowest BCUT2D eigenvalue weighted by Gasteiger charge is -2.13. The zero-order chi connectivity index (χ0) is 22.4. The second-order valence-electron chi connectivity index (χ2n) is 7.59. The van der Waals surface area contributed by atoms with Gasteiger partial charge in [-0.1, -0.05) is 41.7 Å². The molecule has 32 heavy (non-hydrogen) atoms. The van der Waals surface area contributed by atoms with Gasteiger partial charge in [-0.25, -0.2) is 4.52 Å². The first-order valence-electron chi connectivity index (χ1n) is 10.1. The first-order chi connectivity index (χ1) is 15.4. The van der Waals surface area contributed by atoms with Crippen molar-refractivity contribution in [2.75, 3.05) is 11.9 Å². The first-order valence-corrected chi connectivity index (χ1v) is 10.9. The summed E-state index contributed by atoms with van der Waals surface area (Å²) in [6, 6.07) is 14.2. The summed E-state index contributed by atoms with van der Waals surface area (Å²) < 4.78 is 1.69. The zero-order valence-electron chi connectivity index (χ0n) is 17.5. The lowest BCUT2D eigenvalue weighted by atomic mass is 10.1. The van der Waals surface area contributed by atoms with Gasteiger partial charge in [-0.3, -0.25) is 24.6 Å².